The molecule has 0 heterocycles. The lowest BCUT2D eigenvalue weighted by molar-refractivity contribution is -0.115. The van der Waals surface area contributed by atoms with Crippen LogP contribution in [-0.2, 0) is 4.79 Å². The van der Waals surface area contributed by atoms with Gasteiger partial charge in [0, 0.05) is 15.6 Å². The van der Waals surface area contributed by atoms with E-state index in [1.54, 1.807) is 24.3 Å². The zero-order chi connectivity index (χ0) is 13.7. The van der Waals surface area contributed by atoms with Crippen LogP contribution in [0.2, 0.25) is 5.02 Å². The third kappa shape index (κ3) is 4.30. The number of hydrogen-bond acceptors (Lipinski definition) is 2. The Kier molecular flexibility index (Phi) is 4.88. The first-order valence-corrected chi connectivity index (χ1v) is 7.19. The molecule has 2 aromatic carbocycles. The van der Waals surface area contributed by atoms with Gasteiger partial charge >= 0.3 is 0 Å². The van der Waals surface area contributed by atoms with Crippen molar-refractivity contribution in [3.05, 3.63) is 59.6 Å². The van der Waals surface area contributed by atoms with E-state index in [4.69, 9.17) is 11.6 Å². The molecule has 19 heavy (non-hydrogen) atoms. The standard InChI is InChI=1S/C15H14ClNOS/c1-11(19-14-5-3-2-4-6-14)15(18)17-13-9-7-12(16)8-10-13/h2-11H,1H3,(H,17,18)/t11-/m1/s1. The van der Waals surface area contributed by atoms with Gasteiger partial charge in [0.1, 0.15) is 0 Å². The zero-order valence-corrected chi connectivity index (χ0v) is 12.0. The van der Waals surface area contributed by atoms with Gasteiger partial charge in [-0.2, -0.15) is 0 Å². The minimum absolute atomic E-state index is 0.0174. The van der Waals surface area contributed by atoms with E-state index >= 15 is 0 Å². The Labute approximate surface area is 122 Å². The number of carbonyl (C=O) groups is 1. The van der Waals surface area contributed by atoms with Crippen LogP contribution in [0.15, 0.2) is 59.5 Å². The van der Waals surface area contributed by atoms with Gasteiger partial charge in [0.05, 0.1) is 5.25 Å². The molecule has 1 atom stereocenters. The number of thioether (sulfide) groups is 1. The van der Waals surface area contributed by atoms with Crippen molar-refractivity contribution < 1.29 is 4.79 Å². The van der Waals surface area contributed by atoms with Crippen molar-refractivity contribution in [1.82, 2.24) is 0 Å². The predicted molar refractivity (Wildman–Crippen MR) is 81.8 cm³/mol. The molecule has 0 bridgehead atoms. The van der Waals surface area contributed by atoms with Crippen LogP contribution < -0.4 is 5.32 Å². The summed E-state index contributed by atoms with van der Waals surface area (Å²) in [5.74, 6) is -0.0174. The Morgan fingerprint density at radius 1 is 1.11 bits per heavy atom. The Morgan fingerprint density at radius 3 is 2.37 bits per heavy atom. The molecule has 0 unspecified atom stereocenters. The molecule has 0 saturated heterocycles. The van der Waals surface area contributed by atoms with E-state index in [-0.39, 0.29) is 11.2 Å². The lowest BCUT2D eigenvalue weighted by Crippen LogP contribution is -2.22. The first-order valence-electron chi connectivity index (χ1n) is 5.93. The second-order valence-corrected chi connectivity index (χ2v) is 5.92. The van der Waals surface area contributed by atoms with Crippen LogP contribution in [0, 0.1) is 0 Å². The molecule has 0 aromatic heterocycles. The molecule has 2 nitrogen and oxygen atoms in total. The van der Waals surface area contributed by atoms with Gasteiger partial charge in [-0.1, -0.05) is 29.8 Å². The van der Waals surface area contributed by atoms with Crippen molar-refractivity contribution in [3.63, 3.8) is 0 Å². The Hall–Kier alpha value is -1.45. The zero-order valence-electron chi connectivity index (χ0n) is 10.5. The minimum atomic E-state index is -0.155. The van der Waals surface area contributed by atoms with Gasteiger partial charge in [-0.05, 0) is 43.3 Å². The maximum atomic E-state index is 12.0. The van der Waals surface area contributed by atoms with Crippen molar-refractivity contribution in [3.8, 4) is 0 Å². The van der Waals surface area contributed by atoms with Gasteiger partial charge in [-0.3, -0.25) is 4.79 Å². The van der Waals surface area contributed by atoms with E-state index in [2.05, 4.69) is 5.32 Å². The van der Waals surface area contributed by atoms with Crippen molar-refractivity contribution >= 4 is 35.0 Å². The number of carbonyl (C=O) groups excluding carboxylic acids is 1. The highest BCUT2D eigenvalue weighted by atomic mass is 35.5. The van der Waals surface area contributed by atoms with E-state index in [9.17, 15) is 4.79 Å². The van der Waals surface area contributed by atoms with Crippen LogP contribution in [0.1, 0.15) is 6.92 Å². The van der Waals surface area contributed by atoms with E-state index in [0.29, 0.717) is 5.02 Å². The average molecular weight is 292 g/mol. The molecular formula is C15H14ClNOS. The first-order chi connectivity index (χ1) is 9.15. The maximum Gasteiger partial charge on any atom is 0.237 e. The highest BCUT2D eigenvalue weighted by Crippen LogP contribution is 2.24. The summed E-state index contributed by atoms with van der Waals surface area (Å²) in [7, 11) is 0. The monoisotopic (exact) mass is 291 g/mol. The molecule has 1 N–H and O–H groups in total. The largest absolute Gasteiger partial charge is 0.325 e. The molecule has 2 aromatic rings. The van der Waals surface area contributed by atoms with Crippen LogP contribution in [0.3, 0.4) is 0 Å². The fraction of sp³-hybridized carbons (Fsp3) is 0.133. The van der Waals surface area contributed by atoms with E-state index in [1.807, 2.05) is 37.3 Å². The molecule has 98 valence electrons. The smallest absolute Gasteiger partial charge is 0.237 e. The van der Waals surface area contributed by atoms with E-state index < -0.39 is 0 Å². The average Bonchev–Trinajstić information content (AvgIpc) is 2.42. The van der Waals surface area contributed by atoms with E-state index in [1.165, 1.54) is 11.8 Å². The summed E-state index contributed by atoms with van der Waals surface area (Å²) in [5, 5.41) is 3.37. The lowest BCUT2D eigenvalue weighted by Gasteiger charge is -2.12. The summed E-state index contributed by atoms with van der Waals surface area (Å²) in [6.45, 7) is 1.89. The molecule has 4 heteroatoms. The SMILES string of the molecule is C[C@@H](Sc1ccccc1)C(=O)Nc1ccc(Cl)cc1. The summed E-state index contributed by atoms with van der Waals surface area (Å²) in [6.07, 6.45) is 0. The number of anilines is 1. The molecule has 0 aliphatic carbocycles. The molecular weight excluding hydrogens is 278 g/mol. The van der Waals surface area contributed by atoms with Gasteiger partial charge in [-0.25, -0.2) is 0 Å². The molecule has 0 fully saturated rings. The fourth-order valence-corrected chi connectivity index (χ4v) is 2.55. The number of nitrogens with one attached hydrogen (secondary N) is 1. The molecule has 0 spiro atoms. The van der Waals surface area contributed by atoms with Gasteiger partial charge in [0.15, 0.2) is 0 Å². The molecule has 0 aliphatic heterocycles. The van der Waals surface area contributed by atoms with Crippen LogP contribution in [0.5, 0.6) is 0 Å². The predicted octanol–water partition coefficient (Wildman–Crippen LogP) is 4.46. The number of rotatable bonds is 4. The Morgan fingerprint density at radius 2 is 1.74 bits per heavy atom. The molecule has 0 radical (unpaired) electrons. The highest BCUT2D eigenvalue weighted by Gasteiger charge is 2.14. The maximum absolute atomic E-state index is 12.0. The van der Waals surface area contributed by atoms with E-state index in [0.717, 1.165) is 10.6 Å². The van der Waals surface area contributed by atoms with Crippen molar-refractivity contribution in [1.29, 1.82) is 0 Å². The minimum Gasteiger partial charge on any atom is -0.325 e. The first kappa shape index (κ1) is 14.0. The second kappa shape index (κ2) is 6.64. The van der Waals surface area contributed by atoms with Crippen LogP contribution in [0.4, 0.5) is 5.69 Å². The van der Waals surface area contributed by atoms with Crippen LogP contribution >= 0.6 is 23.4 Å². The summed E-state index contributed by atoms with van der Waals surface area (Å²) in [4.78, 5) is 13.1. The summed E-state index contributed by atoms with van der Waals surface area (Å²) >= 11 is 7.34. The molecule has 1 amide bonds. The summed E-state index contributed by atoms with van der Waals surface area (Å²) in [6, 6.07) is 17.0. The van der Waals surface area contributed by atoms with Crippen LogP contribution in [-0.4, -0.2) is 11.2 Å². The fourth-order valence-electron chi connectivity index (χ4n) is 1.53. The summed E-state index contributed by atoms with van der Waals surface area (Å²) in [5.41, 5.74) is 0.759. The summed E-state index contributed by atoms with van der Waals surface area (Å²) < 4.78 is 0. The molecule has 0 saturated carbocycles. The topological polar surface area (TPSA) is 29.1 Å². The van der Waals surface area contributed by atoms with Gasteiger partial charge in [0.25, 0.3) is 0 Å². The second-order valence-electron chi connectivity index (χ2n) is 4.07. The van der Waals surface area contributed by atoms with Crippen molar-refractivity contribution in [2.75, 3.05) is 5.32 Å². The van der Waals surface area contributed by atoms with Crippen LogP contribution in [0.25, 0.3) is 0 Å². The Balaban J connectivity index is 1.94. The number of hydrogen-bond donors (Lipinski definition) is 1. The van der Waals surface area contributed by atoms with Gasteiger partial charge in [-0.15, -0.1) is 11.8 Å². The van der Waals surface area contributed by atoms with Crippen molar-refractivity contribution in [2.24, 2.45) is 0 Å². The highest BCUT2D eigenvalue weighted by molar-refractivity contribution is 8.00. The normalized spacial score (nSPS) is 11.9. The quantitative estimate of drug-likeness (QED) is 0.843. The third-order valence-electron chi connectivity index (χ3n) is 2.54. The number of halogens is 1. The number of amides is 1. The number of benzene rings is 2. The lowest BCUT2D eigenvalue weighted by atomic mass is 10.3. The van der Waals surface area contributed by atoms with Gasteiger partial charge < -0.3 is 5.32 Å². The molecule has 2 rings (SSSR count). The molecule has 0 aliphatic rings. The third-order valence-corrected chi connectivity index (χ3v) is 3.90. The van der Waals surface area contributed by atoms with Crippen molar-refractivity contribution in [2.45, 2.75) is 17.1 Å². The Bertz CT molecular complexity index is 542. The van der Waals surface area contributed by atoms with Gasteiger partial charge in [0.2, 0.25) is 5.91 Å².